The summed E-state index contributed by atoms with van der Waals surface area (Å²) in [6.45, 7) is 4.34. The van der Waals surface area contributed by atoms with E-state index in [0.29, 0.717) is 12.6 Å². The zero-order valence-corrected chi connectivity index (χ0v) is 8.99. The lowest BCUT2D eigenvalue weighted by atomic mass is 9.91. The van der Waals surface area contributed by atoms with Crippen LogP contribution in [0.4, 0.5) is 0 Å². The Kier molecular flexibility index (Phi) is 4.14. The molecule has 0 bridgehead atoms. The van der Waals surface area contributed by atoms with E-state index in [9.17, 15) is 4.79 Å². The number of hydrogen-bond donors (Lipinski definition) is 1. The average Bonchev–Trinajstić information content (AvgIpc) is 1.98. The molecule has 0 aliphatic heterocycles. The van der Waals surface area contributed by atoms with Gasteiger partial charge < -0.3 is 10.0 Å². The number of nitrogens with zero attached hydrogens (tertiary/aromatic N) is 1. The van der Waals surface area contributed by atoms with Crippen LogP contribution in [0.15, 0.2) is 11.6 Å². The summed E-state index contributed by atoms with van der Waals surface area (Å²) >= 11 is 0. The van der Waals surface area contributed by atoms with Crippen LogP contribution >= 0.6 is 0 Å². The summed E-state index contributed by atoms with van der Waals surface area (Å²) in [6, 6.07) is 0.366. The number of carbonyl (C=O) groups is 1. The van der Waals surface area contributed by atoms with Gasteiger partial charge in [-0.15, -0.1) is 0 Å². The van der Waals surface area contributed by atoms with Crippen LogP contribution in [0, 0.1) is 0 Å². The molecule has 1 N–H and O–H groups in total. The number of aliphatic hydroxyl groups is 1. The van der Waals surface area contributed by atoms with E-state index in [-0.39, 0.29) is 12.5 Å². The van der Waals surface area contributed by atoms with E-state index < -0.39 is 0 Å². The molecule has 0 heterocycles. The van der Waals surface area contributed by atoms with Crippen LogP contribution in [0.3, 0.4) is 0 Å². The first-order chi connectivity index (χ1) is 6.65. The van der Waals surface area contributed by atoms with Crippen molar-refractivity contribution < 1.29 is 9.90 Å². The van der Waals surface area contributed by atoms with Crippen LogP contribution in [0.25, 0.3) is 0 Å². The Hall–Kier alpha value is -0.830. The fourth-order valence-electron chi connectivity index (χ4n) is 1.61. The van der Waals surface area contributed by atoms with E-state index in [0.717, 1.165) is 18.4 Å². The summed E-state index contributed by atoms with van der Waals surface area (Å²) in [5.74, 6) is 0.0451. The highest BCUT2D eigenvalue weighted by Gasteiger charge is 2.26. The van der Waals surface area contributed by atoms with E-state index in [4.69, 9.17) is 5.11 Å². The third-order valence-corrected chi connectivity index (χ3v) is 2.55. The van der Waals surface area contributed by atoms with Gasteiger partial charge in [0, 0.05) is 18.7 Å². The number of hydrogen-bond acceptors (Lipinski definition) is 2. The molecule has 1 aliphatic rings. The molecule has 1 saturated carbocycles. The highest BCUT2D eigenvalue weighted by molar-refractivity contribution is 5.88. The third-order valence-electron chi connectivity index (χ3n) is 2.55. The Labute approximate surface area is 85.4 Å². The van der Waals surface area contributed by atoms with Crippen molar-refractivity contribution >= 4 is 5.91 Å². The van der Waals surface area contributed by atoms with Gasteiger partial charge in [-0.1, -0.05) is 5.57 Å². The lowest BCUT2D eigenvalue weighted by Crippen LogP contribution is -2.45. The van der Waals surface area contributed by atoms with Crippen molar-refractivity contribution in [2.24, 2.45) is 0 Å². The van der Waals surface area contributed by atoms with Crippen molar-refractivity contribution in [3.63, 3.8) is 0 Å². The topological polar surface area (TPSA) is 40.5 Å². The second kappa shape index (κ2) is 5.15. The van der Waals surface area contributed by atoms with Crippen molar-refractivity contribution in [2.45, 2.75) is 39.2 Å². The molecule has 0 aromatic rings. The smallest absolute Gasteiger partial charge is 0.246 e. The molecule has 3 heteroatoms. The lowest BCUT2D eigenvalue weighted by molar-refractivity contribution is -0.130. The first-order valence-corrected chi connectivity index (χ1v) is 5.21. The molecule has 0 saturated heterocycles. The van der Waals surface area contributed by atoms with Gasteiger partial charge in [0.15, 0.2) is 0 Å². The molecule has 0 radical (unpaired) electrons. The number of rotatable bonds is 4. The summed E-state index contributed by atoms with van der Waals surface area (Å²) < 4.78 is 0. The molecule has 0 unspecified atom stereocenters. The fourth-order valence-corrected chi connectivity index (χ4v) is 1.61. The van der Waals surface area contributed by atoms with Crippen molar-refractivity contribution in [1.29, 1.82) is 0 Å². The second-order valence-corrected chi connectivity index (χ2v) is 4.06. The SMILES string of the molecule is CC(C)=CC(=O)N(CCO)C1CCC1. The van der Waals surface area contributed by atoms with E-state index in [1.165, 1.54) is 6.42 Å². The Morgan fingerprint density at radius 3 is 2.50 bits per heavy atom. The molecule has 0 atom stereocenters. The van der Waals surface area contributed by atoms with Crippen LogP contribution in [0.2, 0.25) is 0 Å². The Morgan fingerprint density at radius 1 is 1.50 bits per heavy atom. The van der Waals surface area contributed by atoms with Crippen molar-refractivity contribution in [3.05, 3.63) is 11.6 Å². The number of aliphatic hydroxyl groups excluding tert-OH is 1. The van der Waals surface area contributed by atoms with Gasteiger partial charge in [-0.2, -0.15) is 0 Å². The van der Waals surface area contributed by atoms with Crippen molar-refractivity contribution in [2.75, 3.05) is 13.2 Å². The largest absolute Gasteiger partial charge is 0.395 e. The first-order valence-electron chi connectivity index (χ1n) is 5.21. The molecule has 1 fully saturated rings. The van der Waals surface area contributed by atoms with Gasteiger partial charge in [-0.3, -0.25) is 4.79 Å². The minimum Gasteiger partial charge on any atom is -0.395 e. The summed E-state index contributed by atoms with van der Waals surface area (Å²) in [5.41, 5.74) is 1.01. The minimum atomic E-state index is 0.0451. The Balaban J connectivity index is 2.56. The van der Waals surface area contributed by atoms with Crippen LogP contribution in [-0.2, 0) is 4.79 Å². The summed E-state index contributed by atoms with van der Waals surface area (Å²) in [6.07, 6.45) is 5.02. The van der Waals surface area contributed by atoms with Gasteiger partial charge >= 0.3 is 0 Å². The van der Waals surface area contributed by atoms with E-state index in [1.807, 2.05) is 13.8 Å². The van der Waals surface area contributed by atoms with E-state index >= 15 is 0 Å². The predicted octanol–water partition coefficient (Wildman–Crippen LogP) is 1.33. The zero-order valence-electron chi connectivity index (χ0n) is 8.99. The summed E-state index contributed by atoms with van der Waals surface area (Å²) in [4.78, 5) is 13.5. The monoisotopic (exact) mass is 197 g/mol. The minimum absolute atomic E-state index is 0.0451. The van der Waals surface area contributed by atoms with E-state index in [2.05, 4.69) is 0 Å². The van der Waals surface area contributed by atoms with Gasteiger partial charge in [0.05, 0.1) is 6.61 Å². The average molecular weight is 197 g/mol. The Morgan fingerprint density at radius 2 is 2.14 bits per heavy atom. The van der Waals surface area contributed by atoms with Gasteiger partial charge in [-0.25, -0.2) is 0 Å². The van der Waals surface area contributed by atoms with Gasteiger partial charge in [0.2, 0.25) is 5.91 Å². The zero-order chi connectivity index (χ0) is 10.6. The van der Waals surface area contributed by atoms with Crippen LogP contribution in [-0.4, -0.2) is 35.1 Å². The molecular formula is C11H19NO2. The fraction of sp³-hybridized carbons (Fsp3) is 0.727. The summed E-state index contributed by atoms with van der Waals surface area (Å²) in [7, 11) is 0. The van der Waals surface area contributed by atoms with Crippen LogP contribution in [0.1, 0.15) is 33.1 Å². The molecule has 3 nitrogen and oxygen atoms in total. The van der Waals surface area contributed by atoms with E-state index in [1.54, 1.807) is 11.0 Å². The highest BCUT2D eigenvalue weighted by Crippen LogP contribution is 2.24. The lowest BCUT2D eigenvalue weighted by Gasteiger charge is -2.36. The molecule has 1 rings (SSSR count). The quantitative estimate of drug-likeness (QED) is 0.691. The highest BCUT2D eigenvalue weighted by atomic mass is 16.3. The molecule has 0 aromatic carbocycles. The first kappa shape index (κ1) is 11.2. The van der Waals surface area contributed by atoms with Gasteiger partial charge in [0.1, 0.15) is 0 Å². The van der Waals surface area contributed by atoms with Gasteiger partial charge in [0.25, 0.3) is 0 Å². The molecule has 1 aliphatic carbocycles. The maximum absolute atomic E-state index is 11.7. The third kappa shape index (κ3) is 2.84. The maximum atomic E-state index is 11.7. The predicted molar refractivity (Wildman–Crippen MR) is 55.9 cm³/mol. The molecule has 1 amide bonds. The van der Waals surface area contributed by atoms with Crippen LogP contribution in [0.5, 0.6) is 0 Å². The molecule has 0 spiro atoms. The van der Waals surface area contributed by atoms with Crippen LogP contribution < -0.4 is 0 Å². The maximum Gasteiger partial charge on any atom is 0.246 e. The molecule has 0 aromatic heterocycles. The Bertz CT molecular complexity index is 227. The standard InChI is InChI=1S/C11H19NO2/c1-9(2)8-11(14)12(6-7-13)10-4-3-5-10/h8,10,13H,3-7H2,1-2H3. The molecule has 14 heavy (non-hydrogen) atoms. The van der Waals surface area contributed by atoms with Crippen molar-refractivity contribution in [3.8, 4) is 0 Å². The van der Waals surface area contributed by atoms with Gasteiger partial charge in [-0.05, 0) is 33.1 Å². The number of amides is 1. The number of carbonyl (C=O) groups excluding carboxylic acids is 1. The summed E-state index contributed by atoms with van der Waals surface area (Å²) in [5, 5.41) is 8.87. The molecule has 80 valence electrons. The normalized spacial score (nSPS) is 15.9. The number of allylic oxidation sites excluding steroid dienone is 1. The molecular weight excluding hydrogens is 178 g/mol. The second-order valence-electron chi connectivity index (χ2n) is 4.06. The van der Waals surface area contributed by atoms with Crippen molar-refractivity contribution in [1.82, 2.24) is 4.90 Å².